The molecule has 2 N–H and O–H groups in total. The third kappa shape index (κ3) is 4.61. The predicted molar refractivity (Wildman–Crippen MR) is 99.4 cm³/mol. The maximum atomic E-state index is 13.6. The molecule has 1 saturated heterocycles. The van der Waals surface area contributed by atoms with Crippen LogP contribution in [0.15, 0.2) is 48.5 Å². The van der Waals surface area contributed by atoms with Gasteiger partial charge in [-0.2, -0.15) is 0 Å². The fraction of sp³-hybridized carbons (Fsp3) is 0.381. The van der Waals surface area contributed by atoms with Crippen LogP contribution in [0.1, 0.15) is 36.4 Å². The first-order valence-corrected chi connectivity index (χ1v) is 9.14. The van der Waals surface area contributed by atoms with Crippen LogP contribution in [-0.4, -0.2) is 30.5 Å². The Kier molecular flexibility index (Phi) is 6.23. The van der Waals surface area contributed by atoms with Gasteiger partial charge in [-0.3, -0.25) is 4.79 Å². The number of likely N-dealkylation sites (tertiary alicyclic amines) is 1. The fourth-order valence-electron chi connectivity index (χ4n) is 3.45. The second kappa shape index (κ2) is 8.81. The largest absolute Gasteiger partial charge is 0.492 e. The van der Waals surface area contributed by atoms with Crippen LogP contribution in [0.25, 0.3) is 0 Å². The molecule has 138 valence electrons. The van der Waals surface area contributed by atoms with Crippen LogP contribution in [0.2, 0.25) is 0 Å². The van der Waals surface area contributed by atoms with Gasteiger partial charge in [0.05, 0.1) is 12.5 Å². The number of amides is 1. The summed E-state index contributed by atoms with van der Waals surface area (Å²) in [4.78, 5) is 14.8. The molecule has 1 fully saturated rings. The van der Waals surface area contributed by atoms with Gasteiger partial charge < -0.3 is 15.4 Å². The van der Waals surface area contributed by atoms with Gasteiger partial charge in [-0.15, -0.1) is 0 Å². The lowest BCUT2D eigenvalue weighted by molar-refractivity contribution is -0.134. The number of piperidine rings is 1. The quantitative estimate of drug-likeness (QED) is 0.862. The number of carbonyl (C=O) groups excluding carboxylic acids is 1. The molecular weight excluding hydrogens is 331 g/mol. The van der Waals surface area contributed by atoms with Crippen LogP contribution < -0.4 is 10.5 Å². The number of ether oxygens (including phenoxy) is 1. The molecule has 2 aromatic carbocycles. The van der Waals surface area contributed by atoms with E-state index < -0.39 is 0 Å². The summed E-state index contributed by atoms with van der Waals surface area (Å²) in [6, 6.07) is 14.1. The van der Waals surface area contributed by atoms with Crippen molar-refractivity contribution in [3.05, 3.63) is 65.5 Å². The molecule has 2 aromatic rings. The standard InChI is InChI=1S/C21H25FN2O2/c22-18-5-3-4-17(15-18)20-6-1-2-12-24(20)21(25)14-16-7-9-19(10-8-16)26-13-11-23/h3-5,7-10,15,20H,1-2,6,11-14,23H2. The molecule has 3 rings (SSSR count). The maximum Gasteiger partial charge on any atom is 0.227 e. The number of benzene rings is 2. The molecule has 1 unspecified atom stereocenters. The van der Waals surface area contributed by atoms with Crippen molar-refractivity contribution in [2.24, 2.45) is 5.73 Å². The van der Waals surface area contributed by atoms with Crippen LogP contribution in [-0.2, 0) is 11.2 Å². The summed E-state index contributed by atoms with van der Waals surface area (Å²) >= 11 is 0. The van der Waals surface area contributed by atoms with E-state index >= 15 is 0 Å². The van der Waals surface area contributed by atoms with E-state index in [0.717, 1.165) is 42.7 Å². The molecule has 0 bridgehead atoms. The van der Waals surface area contributed by atoms with E-state index in [1.54, 1.807) is 12.1 Å². The Bertz CT molecular complexity index is 733. The van der Waals surface area contributed by atoms with Crippen LogP contribution in [0, 0.1) is 5.82 Å². The zero-order valence-electron chi connectivity index (χ0n) is 14.9. The molecule has 5 heteroatoms. The zero-order valence-corrected chi connectivity index (χ0v) is 14.9. The normalized spacial score (nSPS) is 17.2. The Morgan fingerprint density at radius 1 is 1.19 bits per heavy atom. The fourth-order valence-corrected chi connectivity index (χ4v) is 3.45. The monoisotopic (exact) mass is 356 g/mol. The summed E-state index contributed by atoms with van der Waals surface area (Å²) < 4.78 is 19.1. The van der Waals surface area contributed by atoms with Crippen molar-refractivity contribution in [1.82, 2.24) is 4.90 Å². The lowest BCUT2D eigenvalue weighted by Crippen LogP contribution is -2.39. The van der Waals surface area contributed by atoms with Crippen molar-refractivity contribution < 1.29 is 13.9 Å². The van der Waals surface area contributed by atoms with Gasteiger partial charge in [-0.05, 0) is 54.7 Å². The first kappa shape index (κ1) is 18.4. The predicted octanol–water partition coefficient (Wildman–Crippen LogP) is 3.46. The van der Waals surface area contributed by atoms with E-state index in [2.05, 4.69) is 0 Å². The summed E-state index contributed by atoms with van der Waals surface area (Å²) in [5, 5.41) is 0. The number of nitrogens with zero attached hydrogens (tertiary/aromatic N) is 1. The molecule has 26 heavy (non-hydrogen) atoms. The smallest absolute Gasteiger partial charge is 0.227 e. The molecule has 1 atom stereocenters. The van der Waals surface area contributed by atoms with Gasteiger partial charge in [0.15, 0.2) is 0 Å². The molecule has 0 radical (unpaired) electrons. The van der Waals surface area contributed by atoms with Crippen molar-refractivity contribution in [3.8, 4) is 5.75 Å². The molecule has 1 heterocycles. The second-order valence-corrected chi connectivity index (χ2v) is 6.61. The molecule has 0 saturated carbocycles. The Hall–Kier alpha value is -2.40. The van der Waals surface area contributed by atoms with E-state index in [9.17, 15) is 9.18 Å². The number of nitrogens with two attached hydrogens (primary N) is 1. The Morgan fingerprint density at radius 3 is 2.73 bits per heavy atom. The van der Waals surface area contributed by atoms with Crippen molar-refractivity contribution in [2.75, 3.05) is 19.7 Å². The minimum Gasteiger partial charge on any atom is -0.492 e. The highest BCUT2D eigenvalue weighted by molar-refractivity contribution is 5.79. The number of halogens is 1. The molecule has 0 spiro atoms. The zero-order chi connectivity index (χ0) is 18.4. The van der Waals surface area contributed by atoms with E-state index in [4.69, 9.17) is 10.5 Å². The highest BCUT2D eigenvalue weighted by Gasteiger charge is 2.28. The van der Waals surface area contributed by atoms with Gasteiger partial charge in [0.2, 0.25) is 5.91 Å². The topological polar surface area (TPSA) is 55.6 Å². The number of carbonyl (C=O) groups is 1. The van der Waals surface area contributed by atoms with E-state index in [0.29, 0.717) is 19.6 Å². The molecule has 0 aromatic heterocycles. The van der Waals surface area contributed by atoms with Crippen molar-refractivity contribution in [2.45, 2.75) is 31.7 Å². The van der Waals surface area contributed by atoms with Gasteiger partial charge >= 0.3 is 0 Å². The molecule has 1 aliphatic heterocycles. The third-order valence-corrected chi connectivity index (χ3v) is 4.72. The summed E-state index contributed by atoms with van der Waals surface area (Å²) in [5.41, 5.74) is 7.25. The minimum absolute atomic E-state index is 0.0425. The van der Waals surface area contributed by atoms with Gasteiger partial charge in [0.1, 0.15) is 18.2 Å². The number of rotatable bonds is 6. The maximum absolute atomic E-state index is 13.6. The Balaban J connectivity index is 1.68. The Labute approximate surface area is 153 Å². The first-order valence-electron chi connectivity index (χ1n) is 9.14. The van der Waals surface area contributed by atoms with Crippen LogP contribution >= 0.6 is 0 Å². The van der Waals surface area contributed by atoms with Crippen molar-refractivity contribution >= 4 is 5.91 Å². The summed E-state index contributed by atoms with van der Waals surface area (Å²) in [7, 11) is 0. The van der Waals surface area contributed by atoms with Crippen LogP contribution in [0.5, 0.6) is 5.75 Å². The lowest BCUT2D eigenvalue weighted by Gasteiger charge is -2.36. The highest BCUT2D eigenvalue weighted by atomic mass is 19.1. The van der Waals surface area contributed by atoms with Gasteiger partial charge in [-0.25, -0.2) is 4.39 Å². The summed E-state index contributed by atoms with van der Waals surface area (Å²) in [6.07, 6.45) is 3.26. The molecule has 4 nitrogen and oxygen atoms in total. The van der Waals surface area contributed by atoms with Crippen LogP contribution in [0.3, 0.4) is 0 Å². The van der Waals surface area contributed by atoms with E-state index in [-0.39, 0.29) is 17.8 Å². The van der Waals surface area contributed by atoms with E-state index in [1.807, 2.05) is 35.2 Å². The molecule has 1 aliphatic rings. The van der Waals surface area contributed by atoms with Crippen LogP contribution in [0.4, 0.5) is 4.39 Å². The average molecular weight is 356 g/mol. The molecule has 1 amide bonds. The average Bonchev–Trinajstić information content (AvgIpc) is 2.67. The SMILES string of the molecule is NCCOc1ccc(CC(=O)N2CCCCC2c2cccc(F)c2)cc1. The lowest BCUT2D eigenvalue weighted by atomic mass is 9.94. The van der Waals surface area contributed by atoms with E-state index in [1.165, 1.54) is 6.07 Å². The van der Waals surface area contributed by atoms with Gasteiger partial charge in [-0.1, -0.05) is 24.3 Å². The minimum atomic E-state index is -0.256. The first-order chi connectivity index (χ1) is 12.7. The Morgan fingerprint density at radius 2 is 2.00 bits per heavy atom. The van der Waals surface area contributed by atoms with Gasteiger partial charge in [0, 0.05) is 13.1 Å². The number of hydrogen-bond acceptors (Lipinski definition) is 3. The van der Waals surface area contributed by atoms with Gasteiger partial charge in [0.25, 0.3) is 0 Å². The van der Waals surface area contributed by atoms with Crippen molar-refractivity contribution in [3.63, 3.8) is 0 Å². The third-order valence-electron chi connectivity index (χ3n) is 4.72. The second-order valence-electron chi connectivity index (χ2n) is 6.61. The number of hydrogen-bond donors (Lipinski definition) is 1. The highest BCUT2D eigenvalue weighted by Crippen LogP contribution is 2.31. The molecule has 0 aliphatic carbocycles. The molecular formula is C21H25FN2O2. The summed E-state index contributed by atoms with van der Waals surface area (Å²) in [6.45, 7) is 1.66. The van der Waals surface area contributed by atoms with Crippen molar-refractivity contribution in [1.29, 1.82) is 0 Å². The summed E-state index contributed by atoms with van der Waals surface area (Å²) in [5.74, 6) is 0.574.